The van der Waals surface area contributed by atoms with Crippen LogP contribution in [-0.2, 0) is 0 Å². The average molecular weight is 246 g/mol. The molecule has 0 radical (unpaired) electrons. The third-order valence-corrected chi connectivity index (χ3v) is 4.15. The highest BCUT2D eigenvalue weighted by molar-refractivity contribution is 5.58. The zero-order valence-corrected chi connectivity index (χ0v) is 10.9. The van der Waals surface area contributed by atoms with E-state index in [2.05, 4.69) is 19.2 Å². The first kappa shape index (κ1) is 12.9. The van der Waals surface area contributed by atoms with Crippen molar-refractivity contribution in [1.29, 1.82) is 5.26 Å². The van der Waals surface area contributed by atoms with Crippen molar-refractivity contribution >= 4 is 5.69 Å². The molecular weight excluding hydrogens is 227 g/mol. The number of nitriles is 1. The average Bonchev–Trinajstić information content (AvgIpc) is 2.37. The lowest BCUT2D eigenvalue weighted by atomic mass is 9.78. The molecule has 0 aliphatic heterocycles. The van der Waals surface area contributed by atoms with Crippen molar-refractivity contribution in [3.8, 4) is 6.07 Å². The molecule has 3 unspecified atom stereocenters. The van der Waals surface area contributed by atoms with Gasteiger partial charge in [0.2, 0.25) is 0 Å². The molecule has 96 valence electrons. The lowest BCUT2D eigenvalue weighted by Crippen LogP contribution is -2.35. The molecule has 1 aliphatic carbocycles. The smallest absolute Gasteiger partial charge is 0.124 e. The van der Waals surface area contributed by atoms with Gasteiger partial charge >= 0.3 is 0 Å². The summed E-state index contributed by atoms with van der Waals surface area (Å²) >= 11 is 0. The van der Waals surface area contributed by atoms with Crippen LogP contribution in [0, 0.1) is 29.0 Å². The summed E-state index contributed by atoms with van der Waals surface area (Å²) in [5, 5.41) is 12.5. The number of halogens is 1. The summed E-state index contributed by atoms with van der Waals surface area (Å²) in [6.07, 6.45) is 3.61. The normalized spacial score (nSPS) is 27.6. The van der Waals surface area contributed by atoms with Gasteiger partial charge in [0.15, 0.2) is 0 Å². The van der Waals surface area contributed by atoms with Crippen LogP contribution < -0.4 is 5.32 Å². The third kappa shape index (κ3) is 2.64. The van der Waals surface area contributed by atoms with Crippen LogP contribution in [0.1, 0.15) is 38.7 Å². The predicted octanol–water partition coefficient (Wildman–Crippen LogP) is 3.93. The molecule has 0 saturated heterocycles. The second-order valence-electron chi connectivity index (χ2n) is 5.32. The van der Waals surface area contributed by atoms with Crippen molar-refractivity contribution in [2.45, 2.75) is 39.2 Å². The zero-order chi connectivity index (χ0) is 13.1. The van der Waals surface area contributed by atoms with E-state index in [0.29, 0.717) is 23.4 Å². The maximum absolute atomic E-state index is 13.1. The van der Waals surface area contributed by atoms with Crippen molar-refractivity contribution in [3.63, 3.8) is 0 Å². The highest BCUT2D eigenvalue weighted by Gasteiger charge is 2.27. The van der Waals surface area contributed by atoms with Crippen LogP contribution in [0.4, 0.5) is 10.1 Å². The van der Waals surface area contributed by atoms with E-state index in [9.17, 15) is 4.39 Å². The molecule has 18 heavy (non-hydrogen) atoms. The molecule has 3 heteroatoms. The van der Waals surface area contributed by atoms with Gasteiger partial charge in [0, 0.05) is 6.04 Å². The molecule has 2 rings (SSSR count). The summed E-state index contributed by atoms with van der Waals surface area (Å²) in [7, 11) is 0. The summed E-state index contributed by atoms with van der Waals surface area (Å²) in [6.45, 7) is 4.52. The Balaban J connectivity index is 2.16. The second-order valence-corrected chi connectivity index (χ2v) is 5.32. The third-order valence-electron chi connectivity index (χ3n) is 4.15. The number of hydrogen-bond donors (Lipinski definition) is 1. The highest BCUT2D eigenvalue weighted by atomic mass is 19.1. The second kappa shape index (κ2) is 5.39. The van der Waals surface area contributed by atoms with E-state index < -0.39 is 0 Å². The minimum Gasteiger partial charge on any atom is -0.381 e. The Morgan fingerprint density at radius 3 is 2.83 bits per heavy atom. The van der Waals surface area contributed by atoms with Crippen LogP contribution in [0.15, 0.2) is 18.2 Å². The van der Waals surface area contributed by atoms with Crippen molar-refractivity contribution in [2.24, 2.45) is 11.8 Å². The minimum atomic E-state index is -0.359. The van der Waals surface area contributed by atoms with Gasteiger partial charge in [-0.05, 0) is 36.5 Å². The molecule has 1 saturated carbocycles. The Hall–Kier alpha value is -1.56. The van der Waals surface area contributed by atoms with E-state index in [0.717, 1.165) is 12.1 Å². The largest absolute Gasteiger partial charge is 0.381 e. The van der Waals surface area contributed by atoms with Crippen molar-refractivity contribution in [3.05, 3.63) is 29.6 Å². The standard InChI is InChI=1S/C15H19FN2/c1-10-4-3-5-14(11(10)2)18-15-7-6-13(16)8-12(15)9-17/h6-8,10-11,14,18H,3-5H2,1-2H3. The number of nitrogens with one attached hydrogen (secondary N) is 1. The van der Waals surface area contributed by atoms with E-state index >= 15 is 0 Å². The molecule has 3 atom stereocenters. The molecular formula is C15H19FN2. The summed E-state index contributed by atoms with van der Waals surface area (Å²) in [5.41, 5.74) is 1.14. The van der Waals surface area contributed by atoms with Crippen LogP contribution >= 0.6 is 0 Å². The fourth-order valence-electron chi connectivity index (χ4n) is 2.72. The first-order valence-electron chi connectivity index (χ1n) is 6.58. The van der Waals surface area contributed by atoms with Gasteiger partial charge in [-0.3, -0.25) is 0 Å². The molecule has 1 aromatic rings. The molecule has 0 bridgehead atoms. The summed E-state index contributed by atoms with van der Waals surface area (Å²) in [5.74, 6) is 0.916. The van der Waals surface area contributed by atoms with Gasteiger partial charge in [0.25, 0.3) is 0 Å². The lowest BCUT2D eigenvalue weighted by molar-refractivity contribution is 0.253. The van der Waals surface area contributed by atoms with Crippen LogP contribution in [-0.4, -0.2) is 6.04 Å². The van der Waals surface area contributed by atoms with E-state index in [-0.39, 0.29) is 5.82 Å². The summed E-state index contributed by atoms with van der Waals surface area (Å²) in [4.78, 5) is 0. The number of anilines is 1. The predicted molar refractivity (Wildman–Crippen MR) is 70.7 cm³/mol. The molecule has 1 aromatic carbocycles. The maximum atomic E-state index is 13.1. The van der Waals surface area contributed by atoms with E-state index in [1.807, 2.05) is 6.07 Å². The fourth-order valence-corrected chi connectivity index (χ4v) is 2.72. The first-order chi connectivity index (χ1) is 8.61. The van der Waals surface area contributed by atoms with Gasteiger partial charge in [0.05, 0.1) is 11.3 Å². The Morgan fingerprint density at radius 1 is 1.33 bits per heavy atom. The van der Waals surface area contributed by atoms with Crippen molar-refractivity contribution in [2.75, 3.05) is 5.32 Å². The van der Waals surface area contributed by atoms with Crippen LogP contribution in [0.5, 0.6) is 0 Å². The molecule has 1 aliphatic rings. The zero-order valence-electron chi connectivity index (χ0n) is 10.9. The van der Waals surface area contributed by atoms with Crippen LogP contribution in [0.25, 0.3) is 0 Å². The van der Waals surface area contributed by atoms with Gasteiger partial charge in [0.1, 0.15) is 11.9 Å². The van der Waals surface area contributed by atoms with Gasteiger partial charge in [-0.15, -0.1) is 0 Å². The Bertz CT molecular complexity index is 464. The van der Waals surface area contributed by atoms with Gasteiger partial charge in [-0.25, -0.2) is 4.39 Å². The number of nitrogens with zero attached hydrogens (tertiary/aromatic N) is 1. The van der Waals surface area contributed by atoms with Crippen LogP contribution in [0.2, 0.25) is 0 Å². The molecule has 2 nitrogen and oxygen atoms in total. The molecule has 1 fully saturated rings. The lowest BCUT2D eigenvalue weighted by Gasteiger charge is -2.35. The summed E-state index contributed by atoms with van der Waals surface area (Å²) < 4.78 is 13.1. The fraction of sp³-hybridized carbons (Fsp3) is 0.533. The number of hydrogen-bond acceptors (Lipinski definition) is 2. The summed E-state index contributed by atoms with van der Waals surface area (Å²) in [6, 6.07) is 6.79. The van der Waals surface area contributed by atoms with E-state index in [4.69, 9.17) is 5.26 Å². The SMILES string of the molecule is CC1CCCC(Nc2ccc(F)cc2C#N)C1C. The van der Waals surface area contributed by atoms with Gasteiger partial charge in [-0.2, -0.15) is 5.26 Å². The van der Waals surface area contributed by atoms with Crippen molar-refractivity contribution < 1.29 is 4.39 Å². The maximum Gasteiger partial charge on any atom is 0.124 e. The molecule has 1 N–H and O–H groups in total. The topological polar surface area (TPSA) is 35.8 Å². The van der Waals surface area contributed by atoms with E-state index in [1.54, 1.807) is 6.07 Å². The quantitative estimate of drug-likeness (QED) is 0.858. The minimum absolute atomic E-state index is 0.359. The highest BCUT2D eigenvalue weighted by Crippen LogP contribution is 2.32. The van der Waals surface area contributed by atoms with Crippen LogP contribution in [0.3, 0.4) is 0 Å². The monoisotopic (exact) mass is 246 g/mol. The van der Waals surface area contributed by atoms with Gasteiger partial charge in [-0.1, -0.05) is 26.7 Å². The Morgan fingerprint density at radius 2 is 2.11 bits per heavy atom. The van der Waals surface area contributed by atoms with Crippen molar-refractivity contribution in [1.82, 2.24) is 0 Å². The number of rotatable bonds is 2. The Labute approximate surface area is 108 Å². The van der Waals surface area contributed by atoms with E-state index in [1.165, 1.54) is 25.0 Å². The Kier molecular flexibility index (Phi) is 3.86. The number of benzene rings is 1. The molecule has 0 amide bonds. The van der Waals surface area contributed by atoms with Gasteiger partial charge < -0.3 is 5.32 Å². The molecule has 0 heterocycles. The first-order valence-corrected chi connectivity index (χ1v) is 6.58. The molecule has 0 spiro atoms. The molecule has 0 aromatic heterocycles.